The smallest absolute Gasteiger partial charge is 0.142 e. The van der Waals surface area contributed by atoms with Gasteiger partial charge < -0.3 is 5.32 Å². The number of nitrogens with one attached hydrogen (secondary N) is 1. The third-order valence-electron chi connectivity index (χ3n) is 2.91. The molecular weight excluding hydrogens is 377 g/mol. The number of hydrogen-bond acceptors (Lipinski definition) is 2. The number of aryl methyl sites for hydroxylation is 1. The first kappa shape index (κ1) is 14.7. The van der Waals surface area contributed by atoms with E-state index in [9.17, 15) is 4.39 Å². The molecule has 102 valence electrons. The van der Waals surface area contributed by atoms with E-state index in [-0.39, 0.29) is 11.9 Å². The van der Waals surface area contributed by atoms with Gasteiger partial charge in [0, 0.05) is 12.6 Å². The Morgan fingerprint density at radius 1 is 1.37 bits per heavy atom. The van der Waals surface area contributed by atoms with Crippen LogP contribution in [0, 0.1) is 5.82 Å². The molecule has 19 heavy (non-hydrogen) atoms. The lowest BCUT2D eigenvalue weighted by Gasteiger charge is -2.20. The molecule has 0 radical (unpaired) electrons. The lowest BCUT2D eigenvalue weighted by atomic mass is 10.0. The topological polar surface area (TPSA) is 29.9 Å². The molecule has 0 saturated carbocycles. The molecule has 2 aromatic rings. The Hall–Kier alpha value is -0.720. The van der Waals surface area contributed by atoms with Crippen LogP contribution in [0.3, 0.4) is 0 Å². The molecule has 1 aromatic carbocycles. The average Bonchev–Trinajstić information content (AvgIpc) is 2.70. The fourth-order valence-electron chi connectivity index (χ4n) is 2.05. The van der Waals surface area contributed by atoms with E-state index >= 15 is 0 Å². The normalized spacial score (nSPS) is 12.7. The fourth-order valence-corrected chi connectivity index (χ4v) is 3.01. The van der Waals surface area contributed by atoms with E-state index in [0.29, 0.717) is 10.0 Å². The van der Waals surface area contributed by atoms with E-state index in [4.69, 9.17) is 0 Å². The summed E-state index contributed by atoms with van der Waals surface area (Å²) in [5.74, 6) is -0.249. The molecule has 1 heterocycles. The van der Waals surface area contributed by atoms with Gasteiger partial charge in [0.25, 0.3) is 0 Å². The van der Waals surface area contributed by atoms with Crippen LogP contribution in [0.2, 0.25) is 0 Å². The molecule has 3 nitrogen and oxygen atoms in total. The van der Waals surface area contributed by atoms with Gasteiger partial charge in [0.05, 0.1) is 26.9 Å². The van der Waals surface area contributed by atoms with E-state index in [1.807, 2.05) is 20.0 Å². The Morgan fingerprint density at radius 3 is 2.68 bits per heavy atom. The van der Waals surface area contributed by atoms with Gasteiger partial charge in [-0.25, -0.2) is 4.39 Å². The van der Waals surface area contributed by atoms with Gasteiger partial charge in [0.2, 0.25) is 0 Å². The zero-order chi connectivity index (χ0) is 14.0. The molecule has 0 aliphatic heterocycles. The second-order valence-corrected chi connectivity index (χ2v) is 5.84. The Bertz CT molecular complexity index is 564. The predicted molar refractivity (Wildman–Crippen MR) is 80.5 cm³/mol. The number of aromatic nitrogens is 2. The predicted octanol–water partition coefficient (Wildman–Crippen LogP) is 3.78. The molecular formula is C13H14Br2FN3. The third kappa shape index (κ3) is 2.90. The standard InChI is InChI=1S/C13H14Br2FN3/c1-3-17-12(13-10(15)7-18-19(13)2)8-5-4-6-9(14)11(8)16/h4-7,12,17H,3H2,1-2H3. The van der Waals surface area contributed by atoms with Gasteiger partial charge in [-0.3, -0.25) is 4.68 Å². The maximum atomic E-state index is 14.3. The maximum Gasteiger partial charge on any atom is 0.142 e. The van der Waals surface area contributed by atoms with Crippen LogP contribution in [0.5, 0.6) is 0 Å². The van der Waals surface area contributed by atoms with Crippen molar-refractivity contribution in [2.75, 3.05) is 6.54 Å². The number of halogens is 3. The first-order valence-corrected chi connectivity index (χ1v) is 7.49. The first-order chi connectivity index (χ1) is 9.06. The molecule has 1 unspecified atom stereocenters. The molecule has 0 saturated heterocycles. The molecule has 0 fully saturated rings. The zero-order valence-corrected chi connectivity index (χ0v) is 13.8. The zero-order valence-electron chi connectivity index (χ0n) is 10.6. The second kappa shape index (κ2) is 6.15. The number of nitrogens with zero attached hydrogens (tertiary/aromatic N) is 2. The molecule has 1 atom stereocenters. The van der Waals surface area contributed by atoms with Crippen LogP contribution in [0.1, 0.15) is 24.2 Å². The molecule has 0 aliphatic rings. The summed E-state index contributed by atoms with van der Waals surface area (Å²) in [5.41, 5.74) is 1.50. The lowest BCUT2D eigenvalue weighted by Crippen LogP contribution is -2.25. The summed E-state index contributed by atoms with van der Waals surface area (Å²) in [6.07, 6.45) is 1.72. The van der Waals surface area contributed by atoms with E-state index in [1.165, 1.54) is 0 Å². The summed E-state index contributed by atoms with van der Waals surface area (Å²) in [5, 5.41) is 7.49. The van der Waals surface area contributed by atoms with Crippen molar-refractivity contribution in [2.45, 2.75) is 13.0 Å². The van der Waals surface area contributed by atoms with Crippen molar-refractivity contribution >= 4 is 31.9 Å². The van der Waals surface area contributed by atoms with Crippen molar-refractivity contribution in [2.24, 2.45) is 7.05 Å². The minimum absolute atomic E-state index is 0.246. The monoisotopic (exact) mass is 389 g/mol. The van der Waals surface area contributed by atoms with Crippen molar-refractivity contribution in [3.63, 3.8) is 0 Å². The van der Waals surface area contributed by atoms with Gasteiger partial charge in [0.1, 0.15) is 5.82 Å². The van der Waals surface area contributed by atoms with Crippen LogP contribution >= 0.6 is 31.9 Å². The highest BCUT2D eigenvalue weighted by atomic mass is 79.9. The minimum atomic E-state index is -0.249. The highest BCUT2D eigenvalue weighted by Gasteiger charge is 2.23. The SMILES string of the molecule is CCNC(c1cccc(Br)c1F)c1c(Br)cnn1C. The second-order valence-electron chi connectivity index (χ2n) is 4.14. The summed E-state index contributed by atoms with van der Waals surface area (Å²) >= 11 is 6.70. The minimum Gasteiger partial charge on any atom is -0.305 e. The molecule has 0 spiro atoms. The maximum absolute atomic E-state index is 14.3. The summed E-state index contributed by atoms with van der Waals surface area (Å²) in [4.78, 5) is 0. The average molecular weight is 391 g/mol. The van der Waals surface area contributed by atoms with Crippen LogP contribution in [0.15, 0.2) is 33.3 Å². The Kier molecular flexibility index (Phi) is 4.76. The van der Waals surface area contributed by atoms with Crippen LogP contribution in [0.25, 0.3) is 0 Å². The van der Waals surface area contributed by atoms with E-state index < -0.39 is 0 Å². The van der Waals surface area contributed by atoms with Crippen molar-refractivity contribution in [1.82, 2.24) is 15.1 Å². The summed E-state index contributed by atoms with van der Waals surface area (Å²) in [7, 11) is 1.85. The van der Waals surface area contributed by atoms with Crippen LogP contribution in [-0.2, 0) is 7.05 Å². The van der Waals surface area contributed by atoms with Crippen molar-refractivity contribution in [3.05, 3.63) is 50.4 Å². The van der Waals surface area contributed by atoms with Crippen molar-refractivity contribution < 1.29 is 4.39 Å². The number of benzene rings is 1. The van der Waals surface area contributed by atoms with Gasteiger partial charge in [-0.1, -0.05) is 19.1 Å². The molecule has 0 aliphatic carbocycles. The summed E-state index contributed by atoms with van der Waals surface area (Å²) in [6, 6.07) is 5.06. The van der Waals surface area contributed by atoms with Crippen molar-refractivity contribution in [1.29, 1.82) is 0 Å². The van der Waals surface area contributed by atoms with Crippen molar-refractivity contribution in [3.8, 4) is 0 Å². The lowest BCUT2D eigenvalue weighted by molar-refractivity contribution is 0.528. The van der Waals surface area contributed by atoms with E-state index in [0.717, 1.165) is 16.7 Å². The number of hydrogen-bond donors (Lipinski definition) is 1. The first-order valence-electron chi connectivity index (χ1n) is 5.91. The largest absolute Gasteiger partial charge is 0.305 e. The van der Waals surface area contributed by atoms with Gasteiger partial charge in [-0.2, -0.15) is 5.10 Å². The van der Waals surface area contributed by atoms with Crippen LogP contribution in [-0.4, -0.2) is 16.3 Å². The summed E-state index contributed by atoms with van der Waals surface area (Å²) in [6.45, 7) is 2.72. The molecule has 6 heteroatoms. The van der Waals surface area contributed by atoms with E-state index in [2.05, 4.69) is 42.3 Å². The van der Waals surface area contributed by atoms with Crippen LogP contribution < -0.4 is 5.32 Å². The van der Waals surface area contributed by atoms with E-state index in [1.54, 1.807) is 23.0 Å². The number of rotatable bonds is 4. The molecule has 0 amide bonds. The van der Waals surface area contributed by atoms with Gasteiger partial charge in [-0.05, 0) is 44.5 Å². The molecule has 0 bridgehead atoms. The summed E-state index contributed by atoms with van der Waals surface area (Å²) < 4.78 is 17.4. The van der Waals surface area contributed by atoms with Crippen LogP contribution in [0.4, 0.5) is 4.39 Å². The Balaban J connectivity index is 2.55. The highest BCUT2D eigenvalue weighted by Crippen LogP contribution is 2.31. The molecule has 1 aromatic heterocycles. The fraction of sp³-hybridized carbons (Fsp3) is 0.308. The van der Waals surface area contributed by atoms with Gasteiger partial charge in [-0.15, -0.1) is 0 Å². The Labute approximate surface area is 128 Å². The quantitative estimate of drug-likeness (QED) is 0.860. The Morgan fingerprint density at radius 2 is 2.11 bits per heavy atom. The highest BCUT2D eigenvalue weighted by molar-refractivity contribution is 9.10. The molecule has 2 rings (SSSR count). The van der Waals surface area contributed by atoms with Gasteiger partial charge in [0.15, 0.2) is 0 Å². The van der Waals surface area contributed by atoms with Gasteiger partial charge >= 0.3 is 0 Å². The third-order valence-corrected chi connectivity index (χ3v) is 4.14. The molecule has 1 N–H and O–H groups in total.